The van der Waals surface area contributed by atoms with Crippen LogP contribution in [0.15, 0.2) is 18.2 Å². The molecule has 0 aliphatic rings. The number of aromatic nitrogens is 4. The Labute approximate surface area is 111 Å². The fourth-order valence-electron chi connectivity index (χ4n) is 1.52. The maximum atomic E-state index is 12.5. The Morgan fingerprint density at radius 3 is 2.68 bits per heavy atom. The lowest BCUT2D eigenvalue weighted by molar-refractivity contribution is -0.137. The highest BCUT2D eigenvalue weighted by Crippen LogP contribution is 2.33. The van der Waals surface area contributed by atoms with Crippen molar-refractivity contribution in [2.24, 2.45) is 0 Å². The normalized spacial score (nSPS) is 11.8. The standard InChI is InChI=1S/C10H9ClF3N5/c1-15-5-9-16-17-18-19(9)8-3-2-6(4-7(8)11)10(12,13)14/h2-4,15H,5H2,1H3. The molecule has 9 heteroatoms. The number of alkyl halides is 3. The van der Waals surface area contributed by atoms with E-state index in [0.29, 0.717) is 18.1 Å². The van der Waals surface area contributed by atoms with Crippen molar-refractivity contribution < 1.29 is 13.2 Å². The van der Waals surface area contributed by atoms with Gasteiger partial charge >= 0.3 is 6.18 Å². The molecule has 19 heavy (non-hydrogen) atoms. The van der Waals surface area contributed by atoms with Crippen molar-refractivity contribution in [2.75, 3.05) is 7.05 Å². The molecule has 0 saturated carbocycles. The molecule has 1 N–H and O–H groups in total. The van der Waals surface area contributed by atoms with Crippen molar-refractivity contribution in [3.8, 4) is 5.69 Å². The Balaban J connectivity index is 2.44. The predicted molar refractivity (Wildman–Crippen MR) is 61.9 cm³/mol. The summed E-state index contributed by atoms with van der Waals surface area (Å²) in [5.74, 6) is 0.448. The lowest BCUT2D eigenvalue weighted by Crippen LogP contribution is -2.13. The van der Waals surface area contributed by atoms with Gasteiger partial charge in [-0.2, -0.15) is 17.9 Å². The fraction of sp³-hybridized carbons (Fsp3) is 0.300. The topological polar surface area (TPSA) is 55.6 Å². The minimum absolute atomic E-state index is 0.0699. The van der Waals surface area contributed by atoms with E-state index in [4.69, 9.17) is 11.6 Å². The molecule has 0 radical (unpaired) electrons. The second kappa shape index (κ2) is 5.14. The van der Waals surface area contributed by atoms with E-state index in [-0.39, 0.29) is 5.02 Å². The minimum Gasteiger partial charge on any atom is -0.313 e. The first-order valence-electron chi connectivity index (χ1n) is 5.22. The second-order valence-corrected chi connectivity index (χ2v) is 4.11. The van der Waals surface area contributed by atoms with Crippen molar-refractivity contribution in [1.29, 1.82) is 0 Å². The zero-order valence-corrected chi connectivity index (χ0v) is 10.5. The van der Waals surface area contributed by atoms with Gasteiger partial charge in [-0.05, 0) is 35.7 Å². The van der Waals surface area contributed by atoms with Crippen molar-refractivity contribution >= 4 is 11.6 Å². The molecule has 0 atom stereocenters. The lowest BCUT2D eigenvalue weighted by atomic mass is 10.2. The third kappa shape index (κ3) is 2.85. The summed E-state index contributed by atoms with van der Waals surface area (Å²) < 4.78 is 38.9. The van der Waals surface area contributed by atoms with E-state index in [2.05, 4.69) is 20.8 Å². The van der Waals surface area contributed by atoms with E-state index in [9.17, 15) is 13.2 Å². The van der Waals surface area contributed by atoms with Gasteiger partial charge < -0.3 is 5.32 Å². The average Bonchev–Trinajstić information content (AvgIpc) is 2.76. The maximum absolute atomic E-state index is 12.5. The molecule has 0 fully saturated rings. The Kier molecular flexibility index (Phi) is 3.72. The molecule has 2 rings (SSSR count). The van der Waals surface area contributed by atoms with Crippen LogP contribution in [0.2, 0.25) is 5.02 Å². The van der Waals surface area contributed by atoms with Crippen LogP contribution in [0, 0.1) is 0 Å². The van der Waals surface area contributed by atoms with E-state index in [0.717, 1.165) is 12.1 Å². The molecule has 0 aliphatic carbocycles. The van der Waals surface area contributed by atoms with Crippen molar-refractivity contribution in [1.82, 2.24) is 25.5 Å². The van der Waals surface area contributed by atoms with E-state index in [1.165, 1.54) is 10.7 Å². The number of halogens is 4. The van der Waals surface area contributed by atoms with E-state index < -0.39 is 11.7 Å². The molecule has 0 spiro atoms. The van der Waals surface area contributed by atoms with Gasteiger partial charge in [-0.3, -0.25) is 0 Å². The first-order valence-corrected chi connectivity index (χ1v) is 5.60. The quantitative estimate of drug-likeness (QED) is 0.940. The van der Waals surface area contributed by atoms with E-state index >= 15 is 0 Å². The minimum atomic E-state index is -4.43. The fourth-order valence-corrected chi connectivity index (χ4v) is 1.78. The number of hydrogen-bond donors (Lipinski definition) is 1. The van der Waals surface area contributed by atoms with Gasteiger partial charge in [0, 0.05) is 0 Å². The number of benzene rings is 1. The lowest BCUT2D eigenvalue weighted by Gasteiger charge is -2.10. The SMILES string of the molecule is CNCc1nnnn1-c1ccc(C(F)(F)F)cc1Cl. The highest BCUT2D eigenvalue weighted by Gasteiger charge is 2.31. The summed E-state index contributed by atoms with van der Waals surface area (Å²) in [5, 5.41) is 13.7. The number of tetrazole rings is 1. The van der Waals surface area contributed by atoms with Crippen LogP contribution >= 0.6 is 11.6 Å². The molecular weight excluding hydrogens is 283 g/mol. The summed E-state index contributed by atoms with van der Waals surface area (Å²) in [6, 6.07) is 3.02. The van der Waals surface area contributed by atoms with E-state index in [1.807, 2.05) is 0 Å². The number of rotatable bonds is 3. The molecule has 0 bridgehead atoms. The molecule has 5 nitrogen and oxygen atoms in total. The predicted octanol–water partition coefficient (Wildman–Crippen LogP) is 2.05. The van der Waals surface area contributed by atoms with Gasteiger partial charge in [-0.1, -0.05) is 11.6 Å². The van der Waals surface area contributed by atoms with Crippen LogP contribution in [-0.2, 0) is 12.7 Å². The van der Waals surface area contributed by atoms with Gasteiger partial charge in [0.25, 0.3) is 0 Å². The van der Waals surface area contributed by atoms with Gasteiger partial charge in [0.1, 0.15) is 0 Å². The number of hydrogen-bond acceptors (Lipinski definition) is 4. The van der Waals surface area contributed by atoms with Crippen LogP contribution in [0.3, 0.4) is 0 Å². The highest BCUT2D eigenvalue weighted by molar-refractivity contribution is 6.32. The van der Waals surface area contributed by atoms with Gasteiger partial charge in [0.05, 0.1) is 22.8 Å². The third-order valence-electron chi connectivity index (χ3n) is 2.37. The summed E-state index contributed by atoms with van der Waals surface area (Å²) >= 11 is 5.86. The third-order valence-corrected chi connectivity index (χ3v) is 2.67. The van der Waals surface area contributed by atoms with Crippen LogP contribution in [0.25, 0.3) is 5.69 Å². The molecule has 102 valence electrons. The average molecular weight is 292 g/mol. The van der Waals surface area contributed by atoms with Gasteiger partial charge in [0.15, 0.2) is 5.82 Å². The molecule has 1 aromatic carbocycles. The van der Waals surface area contributed by atoms with Crippen LogP contribution in [0.4, 0.5) is 13.2 Å². The van der Waals surface area contributed by atoms with Crippen LogP contribution in [-0.4, -0.2) is 27.3 Å². The smallest absolute Gasteiger partial charge is 0.313 e. The molecule has 0 amide bonds. The first-order chi connectivity index (χ1) is 8.93. The molecule has 2 aromatic rings. The maximum Gasteiger partial charge on any atom is 0.416 e. The summed E-state index contributed by atoms with van der Waals surface area (Å²) in [5.41, 5.74) is -0.519. The van der Waals surface area contributed by atoms with Gasteiger partial charge in [0.2, 0.25) is 0 Å². The Hall–Kier alpha value is -1.67. The summed E-state index contributed by atoms with van der Waals surface area (Å²) in [6.07, 6.45) is -4.43. The van der Waals surface area contributed by atoms with E-state index in [1.54, 1.807) is 7.05 Å². The van der Waals surface area contributed by atoms with Gasteiger partial charge in [-0.15, -0.1) is 5.10 Å². The van der Waals surface area contributed by atoms with Crippen LogP contribution < -0.4 is 5.32 Å². The molecule has 1 aromatic heterocycles. The zero-order valence-electron chi connectivity index (χ0n) is 9.74. The summed E-state index contributed by atoms with van der Waals surface area (Å²) in [6.45, 7) is 0.365. The molecular formula is C10H9ClF3N5. The number of nitrogens with zero attached hydrogens (tertiary/aromatic N) is 4. The monoisotopic (exact) mass is 291 g/mol. The second-order valence-electron chi connectivity index (χ2n) is 3.70. The zero-order chi connectivity index (χ0) is 14.0. The summed E-state index contributed by atoms with van der Waals surface area (Å²) in [7, 11) is 1.70. The summed E-state index contributed by atoms with van der Waals surface area (Å²) in [4.78, 5) is 0. The Bertz CT molecular complexity index is 581. The van der Waals surface area contributed by atoms with Crippen LogP contribution in [0.5, 0.6) is 0 Å². The highest BCUT2D eigenvalue weighted by atomic mass is 35.5. The van der Waals surface area contributed by atoms with Crippen LogP contribution in [0.1, 0.15) is 11.4 Å². The number of nitrogens with one attached hydrogen (secondary N) is 1. The van der Waals surface area contributed by atoms with Crippen molar-refractivity contribution in [3.63, 3.8) is 0 Å². The molecule has 0 saturated heterocycles. The largest absolute Gasteiger partial charge is 0.416 e. The van der Waals surface area contributed by atoms with Gasteiger partial charge in [-0.25, -0.2) is 0 Å². The van der Waals surface area contributed by atoms with Crippen molar-refractivity contribution in [2.45, 2.75) is 12.7 Å². The Morgan fingerprint density at radius 1 is 1.37 bits per heavy atom. The molecule has 1 heterocycles. The molecule has 0 aliphatic heterocycles. The van der Waals surface area contributed by atoms with Crippen molar-refractivity contribution in [3.05, 3.63) is 34.6 Å². The molecule has 0 unspecified atom stereocenters. The Morgan fingerprint density at radius 2 is 2.11 bits per heavy atom. The first kappa shape index (κ1) is 13.8.